The maximum absolute atomic E-state index is 5.93. The number of aryl methyl sites for hydroxylation is 1. The fraction of sp³-hybridized carbons (Fsp3) is 0.133. The van der Waals surface area contributed by atoms with E-state index >= 15 is 0 Å². The molecule has 18 heavy (non-hydrogen) atoms. The average molecular weight is 238 g/mol. The van der Waals surface area contributed by atoms with E-state index in [1.54, 1.807) is 0 Å². The first-order valence-corrected chi connectivity index (χ1v) is 5.92. The molecule has 2 aromatic carbocycles. The van der Waals surface area contributed by atoms with Gasteiger partial charge in [-0.15, -0.1) is 0 Å². The number of oxazole rings is 1. The van der Waals surface area contributed by atoms with Crippen molar-refractivity contribution in [3.8, 4) is 0 Å². The van der Waals surface area contributed by atoms with Gasteiger partial charge in [0.1, 0.15) is 5.52 Å². The van der Waals surface area contributed by atoms with E-state index in [9.17, 15) is 0 Å². The molecule has 0 spiro atoms. The first-order chi connectivity index (χ1) is 8.72. The summed E-state index contributed by atoms with van der Waals surface area (Å²) in [7, 11) is 0. The molecule has 0 radical (unpaired) electrons. The maximum atomic E-state index is 5.93. The normalized spacial score (nSPS) is 10.9. The summed E-state index contributed by atoms with van der Waals surface area (Å²) in [6.07, 6.45) is 0.688. The zero-order valence-corrected chi connectivity index (χ0v) is 10.2. The smallest absolute Gasteiger partial charge is 0.200 e. The molecule has 2 N–H and O–H groups in total. The van der Waals surface area contributed by atoms with Crippen molar-refractivity contribution in [2.24, 2.45) is 0 Å². The molecule has 3 aromatic rings. The number of nitrogen functional groups attached to an aromatic ring is 1. The van der Waals surface area contributed by atoms with Crippen LogP contribution in [0.1, 0.15) is 17.0 Å². The Morgan fingerprint density at radius 1 is 1.17 bits per heavy atom. The van der Waals surface area contributed by atoms with Crippen LogP contribution in [0.15, 0.2) is 46.9 Å². The monoisotopic (exact) mass is 238 g/mol. The molecule has 3 nitrogen and oxygen atoms in total. The van der Waals surface area contributed by atoms with Crippen molar-refractivity contribution in [2.45, 2.75) is 13.3 Å². The Morgan fingerprint density at radius 3 is 2.72 bits per heavy atom. The van der Waals surface area contributed by atoms with E-state index < -0.39 is 0 Å². The van der Waals surface area contributed by atoms with Crippen LogP contribution < -0.4 is 5.73 Å². The Hall–Kier alpha value is -2.29. The van der Waals surface area contributed by atoms with Crippen LogP contribution in [0, 0.1) is 6.92 Å². The van der Waals surface area contributed by atoms with Crippen molar-refractivity contribution in [1.82, 2.24) is 4.98 Å². The first-order valence-electron chi connectivity index (χ1n) is 5.92. The van der Waals surface area contributed by atoms with Crippen molar-refractivity contribution in [2.75, 3.05) is 5.73 Å². The topological polar surface area (TPSA) is 52.0 Å². The SMILES string of the molecule is Cc1cc(N)c2oc(Cc3ccccc3)nc2c1. The minimum atomic E-state index is 0.650. The highest BCUT2D eigenvalue weighted by atomic mass is 16.3. The van der Waals surface area contributed by atoms with E-state index in [1.165, 1.54) is 5.56 Å². The third-order valence-corrected chi connectivity index (χ3v) is 2.91. The van der Waals surface area contributed by atoms with Crippen molar-refractivity contribution < 1.29 is 4.42 Å². The molecular formula is C15H14N2O. The highest BCUT2D eigenvalue weighted by Gasteiger charge is 2.09. The number of aromatic nitrogens is 1. The first kappa shape index (κ1) is 10.8. The molecule has 3 heteroatoms. The van der Waals surface area contributed by atoms with Gasteiger partial charge in [0.05, 0.1) is 5.69 Å². The lowest BCUT2D eigenvalue weighted by molar-refractivity contribution is 0.545. The molecular weight excluding hydrogens is 224 g/mol. The van der Waals surface area contributed by atoms with E-state index in [1.807, 2.05) is 37.3 Å². The van der Waals surface area contributed by atoms with Crippen LogP contribution in [0.3, 0.4) is 0 Å². The predicted octanol–water partition coefficient (Wildman–Crippen LogP) is 3.31. The Morgan fingerprint density at radius 2 is 1.94 bits per heavy atom. The number of anilines is 1. The number of benzene rings is 2. The summed E-state index contributed by atoms with van der Waals surface area (Å²) >= 11 is 0. The molecule has 90 valence electrons. The molecule has 0 aliphatic rings. The Labute approximate surface area is 105 Å². The van der Waals surface area contributed by atoms with Gasteiger partial charge < -0.3 is 10.2 Å². The van der Waals surface area contributed by atoms with Gasteiger partial charge in [-0.1, -0.05) is 30.3 Å². The van der Waals surface area contributed by atoms with Gasteiger partial charge in [0.25, 0.3) is 0 Å². The van der Waals surface area contributed by atoms with Crippen LogP contribution in [-0.2, 0) is 6.42 Å². The zero-order chi connectivity index (χ0) is 12.5. The van der Waals surface area contributed by atoms with Crippen molar-refractivity contribution in [3.63, 3.8) is 0 Å². The second-order valence-electron chi connectivity index (χ2n) is 4.47. The lowest BCUT2D eigenvalue weighted by Gasteiger charge is -1.96. The largest absolute Gasteiger partial charge is 0.438 e. The third kappa shape index (κ3) is 1.95. The minimum absolute atomic E-state index is 0.650. The molecule has 0 aliphatic carbocycles. The number of nitrogens with zero attached hydrogens (tertiary/aromatic N) is 1. The summed E-state index contributed by atoms with van der Waals surface area (Å²) in [5, 5.41) is 0. The van der Waals surface area contributed by atoms with Gasteiger partial charge >= 0.3 is 0 Å². The van der Waals surface area contributed by atoms with Gasteiger partial charge in [-0.3, -0.25) is 0 Å². The number of hydrogen-bond acceptors (Lipinski definition) is 3. The summed E-state index contributed by atoms with van der Waals surface area (Å²) in [6.45, 7) is 2.00. The molecule has 1 aromatic heterocycles. The van der Waals surface area contributed by atoms with Crippen molar-refractivity contribution >= 4 is 16.8 Å². The molecule has 0 aliphatic heterocycles. The van der Waals surface area contributed by atoms with Crippen LogP contribution in [0.5, 0.6) is 0 Å². The standard InChI is InChI=1S/C15H14N2O/c1-10-7-12(16)15-13(8-10)17-14(18-15)9-11-5-3-2-4-6-11/h2-8H,9,16H2,1H3. The lowest BCUT2D eigenvalue weighted by Crippen LogP contribution is -1.86. The van der Waals surface area contributed by atoms with Crippen LogP contribution in [0.4, 0.5) is 5.69 Å². The van der Waals surface area contributed by atoms with Gasteiger partial charge in [0.2, 0.25) is 0 Å². The summed E-state index contributed by atoms with van der Waals surface area (Å²) in [6, 6.07) is 14.0. The number of fused-ring (bicyclic) bond motifs is 1. The molecule has 0 amide bonds. The average Bonchev–Trinajstić information content (AvgIpc) is 2.73. The summed E-state index contributed by atoms with van der Waals surface area (Å²) in [5.41, 5.74) is 10.4. The lowest BCUT2D eigenvalue weighted by atomic mass is 10.1. The quantitative estimate of drug-likeness (QED) is 0.697. The molecule has 1 heterocycles. The van der Waals surface area contributed by atoms with Gasteiger partial charge in [0.15, 0.2) is 11.5 Å². The fourth-order valence-electron chi connectivity index (χ4n) is 2.10. The van der Waals surface area contributed by atoms with Gasteiger partial charge in [-0.2, -0.15) is 0 Å². The molecule has 0 fully saturated rings. The molecule has 0 saturated heterocycles. The molecule has 0 atom stereocenters. The molecule has 0 bridgehead atoms. The second kappa shape index (κ2) is 4.18. The third-order valence-electron chi connectivity index (χ3n) is 2.91. The van der Waals surface area contributed by atoms with Crippen molar-refractivity contribution in [3.05, 3.63) is 59.5 Å². The number of hydrogen-bond donors (Lipinski definition) is 1. The van der Waals surface area contributed by atoms with Gasteiger partial charge in [0, 0.05) is 6.42 Å². The minimum Gasteiger partial charge on any atom is -0.438 e. The second-order valence-corrected chi connectivity index (χ2v) is 4.47. The Kier molecular flexibility index (Phi) is 2.52. The Bertz CT molecular complexity index is 686. The van der Waals surface area contributed by atoms with Gasteiger partial charge in [-0.05, 0) is 30.2 Å². The maximum Gasteiger partial charge on any atom is 0.200 e. The van der Waals surface area contributed by atoms with E-state index in [4.69, 9.17) is 10.2 Å². The summed E-state index contributed by atoms with van der Waals surface area (Å²) < 4.78 is 5.72. The number of rotatable bonds is 2. The van der Waals surface area contributed by atoms with Crippen LogP contribution in [-0.4, -0.2) is 4.98 Å². The fourth-order valence-corrected chi connectivity index (χ4v) is 2.10. The van der Waals surface area contributed by atoms with Crippen LogP contribution in [0.25, 0.3) is 11.1 Å². The molecule has 0 unspecified atom stereocenters. The number of nitrogens with two attached hydrogens (primary N) is 1. The van der Waals surface area contributed by atoms with E-state index in [2.05, 4.69) is 17.1 Å². The summed E-state index contributed by atoms with van der Waals surface area (Å²) in [5.74, 6) is 0.702. The molecule has 0 saturated carbocycles. The van der Waals surface area contributed by atoms with Crippen molar-refractivity contribution in [1.29, 1.82) is 0 Å². The van der Waals surface area contributed by atoms with Crippen LogP contribution in [0.2, 0.25) is 0 Å². The highest BCUT2D eigenvalue weighted by molar-refractivity contribution is 5.85. The van der Waals surface area contributed by atoms with Crippen LogP contribution >= 0.6 is 0 Å². The predicted molar refractivity (Wildman–Crippen MR) is 72.4 cm³/mol. The Balaban J connectivity index is 2.01. The van der Waals surface area contributed by atoms with E-state index in [0.29, 0.717) is 23.6 Å². The zero-order valence-electron chi connectivity index (χ0n) is 10.2. The summed E-state index contributed by atoms with van der Waals surface area (Å²) in [4.78, 5) is 4.48. The van der Waals surface area contributed by atoms with Gasteiger partial charge in [-0.25, -0.2) is 4.98 Å². The van der Waals surface area contributed by atoms with E-state index in [0.717, 1.165) is 11.1 Å². The molecule has 3 rings (SSSR count). The highest BCUT2D eigenvalue weighted by Crippen LogP contribution is 2.24. The van der Waals surface area contributed by atoms with E-state index in [-0.39, 0.29) is 0 Å².